The zero-order valence-corrected chi connectivity index (χ0v) is 8.38. The van der Waals surface area contributed by atoms with Crippen LogP contribution in [0.5, 0.6) is 0 Å². The summed E-state index contributed by atoms with van der Waals surface area (Å²) in [5, 5.41) is 0. The van der Waals surface area contributed by atoms with Crippen molar-refractivity contribution < 1.29 is 4.21 Å². The standard InChI is InChI=1S/C6H15N5OS/c1-2-13(12)4-3-10-6(9)11-5(7)8/h2-4H2,1H3,(H6,7,8,9,10,11). The second-order valence-electron chi connectivity index (χ2n) is 2.21. The fraction of sp³-hybridized carbons (Fsp3) is 0.667. The molecule has 0 heterocycles. The van der Waals surface area contributed by atoms with Crippen LogP contribution in [0, 0.1) is 0 Å². The van der Waals surface area contributed by atoms with Gasteiger partial charge in [-0.1, -0.05) is 6.92 Å². The summed E-state index contributed by atoms with van der Waals surface area (Å²) in [5.74, 6) is 1.00. The zero-order valence-electron chi connectivity index (χ0n) is 7.56. The van der Waals surface area contributed by atoms with E-state index in [0.29, 0.717) is 18.1 Å². The third kappa shape index (κ3) is 7.26. The van der Waals surface area contributed by atoms with Crippen molar-refractivity contribution >= 4 is 22.7 Å². The van der Waals surface area contributed by atoms with Gasteiger partial charge in [-0.05, 0) is 0 Å². The van der Waals surface area contributed by atoms with Crippen molar-refractivity contribution in [3.05, 3.63) is 0 Å². The summed E-state index contributed by atoms with van der Waals surface area (Å²) in [6.07, 6.45) is 0. The molecule has 0 amide bonds. The molecule has 13 heavy (non-hydrogen) atoms. The summed E-state index contributed by atoms with van der Waals surface area (Å²) in [6, 6.07) is 0. The van der Waals surface area contributed by atoms with Gasteiger partial charge in [0.1, 0.15) is 0 Å². The van der Waals surface area contributed by atoms with E-state index in [2.05, 4.69) is 9.98 Å². The van der Waals surface area contributed by atoms with Gasteiger partial charge in [0.15, 0.2) is 5.96 Å². The van der Waals surface area contributed by atoms with Gasteiger partial charge >= 0.3 is 0 Å². The van der Waals surface area contributed by atoms with Gasteiger partial charge in [-0.25, -0.2) is 0 Å². The Bertz CT molecular complexity index is 233. The zero-order chi connectivity index (χ0) is 10.3. The first-order chi connectivity index (χ1) is 6.06. The summed E-state index contributed by atoms with van der Waals surface area (Å²) in [5.41, 5.74) is 15.4. The molecule has 6 N–H and O–H groups in total. The van der Waals surface area contributed by atoms with Crippen LogP contribution in [0.3, 0.4) is 0 Å². The maximum Gasteiger partial charge on any atom is 0.218 e. The molecule has 0 aliphatic carbocycles. The van der Waals surface area contributed by atoms with Crippen molar-refractivity contribution in [3.63, 3.8) is 0 Å². The second-order valence-corrected chi connectivity index (χ2v) is 4.07. The molecule has 0 aromatic heterocycles. The van der Waals surface area contributed by atoms with E-state index < -0.39 is 10.8 Å². The Balaban J connectivity index is 3.85. The number of nitrogens with zero attached hydrogens (tertiary/aromatic N) is 2. The molecule has 0 fully saturated rings. The molecule has 0 aromatic carbocycles. The highest BCUT2D eigenvalue weighted by Gasteiger charge is 1.94. The average Bonchev–Trinajstić information content (AvgIpc) is 2.02. The van der Waals surface area contributed by atoms with Gasteiger partial charge in [0.05, 0.1) is 6.54 Å². The van der Waals surface area contributed by atoms with Gasteiger partial charge in [-0.2, -0.15) is 4.99 Å². The Hall–Kier alpha value is -1.11. The molecule has 0 radical (unpaired) electrons. The highest BCUT2D eigenvalue weighted by Crippen LogP contribution is 1.82. The Labute approximate surface area is 79.7 Å². The van der Waals surface area contributed by atoms with Crippen LogP contribution in [0.1, 0.15) is 6.92 Å². The largest absolute Gasteiger partial charge is 0.370 e. The van der Waals surface area contributed by atoms with Crippen molar-refractivity contribution in [2.45, 2.75) is 6.92 Å². The first-order valence-corrected chi connectivity index (χ1v) is 5.29. The molecule has 0 saturated carbocycles. The topological polar surface area (TPSA) is 120 Å². The third-order valence-electron chi connectivity index (χ3n) is 1.16. The molecule has 76 valence electrons. The van der Waals surface area contributed by atoms with Gasteiger partial charge in [0.25, 0.3) is 0 Å². The van der Waals surface area contributed by atoms with Gasteiger partial charge in [0.2, 0.25) is 5.96 Å². The van der Waals surface area contributed by atoms with Gasteiger partial charge in [-0.15, -0.1) is 0 Å². The van der Waals surface area contributed by atoms with E-state index in [0.717, 1.165) is 0 Å². The SMILES string of the molecule is CCS(=O)CCN=C(N)N=C(N)N. The van der Waals surface area contributed by atoms with Gasteiger partial charge < -0.3 is 17.2 Å². The Morgan fingerprint density at radius 2 is 2.00 bits per heavy atom. The molecule has 0 rings (SSSR count). The van der Waals surface area contributed by atoms with E-state index in [1.807, 2.05) is 6.92 Å². The first-order valence-electron chi connectivity index (χ1n) is 3.80. The summed E-state index contributed by atoms with van der Waals surface area (Å²) in [4.78, 5) is 7.31. The number of hydrogen-bond acceptors (Lipinski definition) is 2. The number of hydrogen-bond donors (Lipinski definition) is 3. The van der Waals surface area contributed by atoms with E-state index in [1.54, 1.807) is 0 Å². The molecule has 0 aromatic rings. The lowest BCUT2D eigenvalue weighted by Gasteiger charge is -1.95. The Morgan fingerprint density at radius 1 is 1.38 bits per heavy atom. The smallest absolute Gasteiger partial charge is 0.218 e. The Kier molecular flexibility index (Phi) is 5.86. The van der Waals surface area contributed by atoms with Crippen LogP contribution in [0.15, 0.2) is 9.98 Å². The van der Waals surface area contributed by atoms with E-state index in [-0.39, 0.29) is 11.9 Å². The lowest BCUT2D eigenvalue weighted by molar-refractivity contribution is 0.683. The monoisotopic (exact) mass is 205 g/mol. The van der Waals surface area contributed by atoms with E-state index >= 15 is 0 Å². The van der Waals surface area contributed by atoms with E-state index in [4.69, 9.17) is 17.2 Å². The van der Waals surface area contributed by atoms with Crippen LogP contribution in [-0.4, -0.2) is 34.2 Å². The minimum absolute atomic E-state index is 0.0214. The molecule has 0 bridgehead atoms. The summed E-state index contributed by atoms with van der Waals surface area (Å²) in [6.45, 7) is 2.22. The van der Waals surface area contributed by atoms with Crippen molar-refractivity contribution in [3.8, 4) is 0 Å². The summed E-state index contributed by atoms with van der Waals surface area (Å²) >= 11 is 0. The van der Waals surface area contributed by atoms with E-state index in [9.17, 15) is 4.21 Å². The van der Waals surface area contributed by atoms with Crippen LogP contribution in [0.4, 0.5) is 0 Å². The van der Waals surface area contributed by atoms with Crippen molar-refractivity contribution in [1.29, 1.82) is 0 Å². The van der Waals surface area contributed by atoms with Crippen LogP contribution >= 0.6 is 0 Å². The number of aliphatic imine (C=N–C) groups is 2. The van der Waals surface area contributed by atoms with Crippen LogP contribution in [0.25, 0.3) is 0 Å². The normalized spacial score (nSPS) is 13.8. The van der Waals surface area contributed by atoms with Crippen molar-refractivity contribution in [2.24, 2.45) is 27.2 Å². The fourth-order valence-electron chi connectivity index (χ4n) is 0.574. The van der Waals surface area contributed by atoms with Crippen molar-refractivity contribution in [1.82, 2.24) is 0 Å². The van der Waals surface area contributed by atoms with Gasteiger partial charge in [-0.3, -0.25) is 9.20 Å². The number of nitrogens with two attached hydrogens (primary N) is 3. The highest BCUT2D eigenvalue weighted by molar-refractivity contribution is 7.84. The summed E-state index contributed by atoms with van der Waals surface area (Å²) < 4.78 is 10.9. The molecule has 0 saturated heterocycles. The molecular weight excluding hydrogens is 190 g/mol. The van der Waals surface area contributed by atoms with Crippen LogP contribution < -0.4 is 17.2 Å². The third-order valence-corrected chi connectivity index (χ3v) is 2.44. The molecule has 1 unspecified atom stereocenters. The molecule has 7 heteroatoms. The average molecular weight is 205 g/mol. The lowest BCUT2D eigenvalue weighted by Crippen LogP contribution is -2.26. The quantitative estimate of drug-likeness (QED) is 0.376. The second kappa shape index (κ2) is 6.41. The first kappa shape index (κ1) is 11.9. The molecule has 0 aliphatic heterocycles. The molecule has 6 nitrogen and oxygen atoms in total. The predicted octanol–water partition coefficient (Wildman–Crippen LogP) is -1.66. The molecule has 0 aliphatic rings. The maximum atomic E-state index is 10.9. The van der Waals surface area contributed by atoms with E-state index in [1.165, 1.54) is 0 Å². The minimum atomic E-state index is -0.830. The van der Waals surface area contributed by atoms with Crippen LogP contribution in [-0.2, 0) is 10.8 Å². The highest BCUT2D eigenvalue weighted by atomic mass is 32.2. The van der Waals surface area contributed by atoms with Crippen molar-refractivity contribution in [2.75, 3.05) is 18.1 Å². The molecular formula is C6H15N5OS. The molecule has 0 spiro atoms. The number of guanidine groups is 2. The fourth-order valence-corrected chi connectivity index (χ4v) is 1.16. The minimum Gasteiger partial charge on any atom is -0.370 e. The number of rotatable bonds is 4. The maximum absolute atomic E-state index is 10.9. The summed E-state index contributed by atoms with van der Waals surface area (Å²) in [7, 11) is -0.830. The Morgan fingerprint density at radius 3 is 2.46 bits per heavy atom. The lowest BCUT2D eigenvalue weighted by atomic mass is 10.8. The van der Waals surface area contributed by atoms with Crippen LogP contribution in [0.2, 0.25) is 0 Å². The predicted molar refractivity (Wildman–Crippen MR) is 55.8 cm³/mol. The molecule has 1 atom stereocenters. The van der Waals surface area contributed by atoms with Gasteiger partial charge in [0, 0.05) is 22.3 Å².